The first kappa shape index (κ1) is 21.2. The van der Waals surface area contributed by atoms with Crippen molar-refractivity contribution in [1.82, 2.24) is 10.6 Å². The summed E-state index contributed by atoms with van der Waals surface area (Å²) < 4.78 is 14.0. The van der Waals surface area contributed by atoms with Crippen LogP contribution in [0.2, 0.25) is 5.02 Å². The first-order chi connectivity index (χ1) is 14.4. The quantitative estimate of drug-likeness (QED) is 0.695. The number of hydrogen-bond donors (Lipinski definition) is 2. The maximum absolute atomic E-state index is 14.0. The van der Waals surface area contributed by atoms with Crippen LogP contribution in [0.4, 0.5) is 4.39 Å². The lowest BCUT2D eigenvalue weighted by Gasteiger charge is -2.22. The van der Waals surface area contributed by atoms with Gasteiger partial charge in [0, 0.05) is 17.6 Å². The molecule has 0 saturated heterocycles. The Morgan fingerprint density at radius 2 is 2.17 bits per heavy atom. The number of halogens is 2. The molecular formula is C22H20ClFN6. The molecule has 1 unspecified atom stereocenters. The van der Waals surface area contributed by atoms with E-state index in [2.05, 4.69) is 38.4 Å². The second-order valence-corrected chi connectivity index (χ2v) is 7.05. The maximum Gasteiger partial charge on any atom is 0.156 e. The minimum atomic E-state index is -0.388. The third kappa shape index (κ3) is 3.95. The third-order valence-electron chi connectivity index (χ3n) is 4.82. The van der Waals surface area contributed by atoms with E-state index in [4.69, 9.17) is 11.6 Å². The summed E-state index contributed by atoms with van der Waals surface area (Å²) in [4.78, 5) is 12.4. The van der Waals surface area contributed by atoms with Crippen molar-refractivity contribution in [2.45, 2.75) is 19.9 Å². The van der Waals surface area contributed by atoms with Gasteiger partial charge >= 0.3 is 0 Å². The molecule has 0 bridgehead atoms. The number of aliphatic imine (C=N–C) groups is 3. The number of amidine groups is 1. The first-order valence-corrected chi connectivity index (χ1v) is 9.51. The van der Waals surface area contributed by atoms with Gasteiger partial charge in [0.25, 0.3) is 0 Å². The predicted octanol–water partition coefficient (Wildman–Crippen LogP) is 4.51. The molecule has 0 fully saturated rings. The second kappa shape index (κ2) is 8.89. The highest BCUT2D eigenvalue weighted by Gasteiger charge is 2.23. The summed E-state index contributed by atoms with van der Waals surface area (Å²) in [6, 6.07) is 9.79. The van der Waals surface area contributed by atoms with Gasteiger partial charge in [0.2, 0.25) is 0 Å². The molecule has 2 aromatic rings. The fourth-order valence-corrected chi connectivity index (χ4v) is 3.52. The maximum atomic E-state index is 14.0. The Balaban J connectivity index is 2.17. The smallest absolute Gasteiger partial charge is 0.156 e. The average molecular weight is 423 g/mol. The lowest BCUT2D eigenvalue weighted by molar-refractivity contribution is 0.627. The van der Waals surface area contributed by atoms with Gasteiger partial charge in [-0.3, -0.25) is 4.99 Å². The van der Waals surface area contributed by atoms with Crippen LogP contribution in [0.15, 0.2) is 56.8 Å². The minimum Gasteiger partial charge on any atom is -0.362 e. The van der Waals surface area contributed by atoms with Crippen molar-refractivity contribution in [2.24, 2.45) is 15.0 Å². The summed E-state index contributed by atoms with van der Waals surface area (Å²) in [5.74, 6) is 0.591. The zero-order chi connectivity index (χ0) is 21.8. The van der Waals surface area contributed by atoms with Gasteiger partial charge in [-0.1, -0.05) is 23.7 Å². The summed E-state index contributed by atoms with van der Waals surface area (Å²) in [6.45, 7) is 7.29. The summed E-state index contributed by atoms with van der Waals surface area (Å²) in [5, 5.41) is 16.5. The van der Waals surface area contributed by atoms with E-state index < -0.39 is 0 Å². The van der Waals surface area contributed by atoms with E-state index in [1.807, 2.05) is 6.92 Å². The first-order valence-electron chi connectivity index (χ1n) is 9.14. The van der Waals surface area contributed by atoms with E-state index in [9.17, 15) is 9.65 Å². The lowest BCUT2D eigenvalue weighted by atomic mass is 9.89. The molecule has 6 nitrogen and oxygen atoms in total. The van der Waals surface area contributed by atoms with E-state index in [-0.39, 0.29) is 11.9 Å². The van der Waals surface area contributed by atoms with Crippen LogP contribution >= 0.6 is 11.6 Å². The highest BCUT2D eigenvalue weighted by atomic mass is 35.5. The van der Waals surface area contributed by atoms with Crippen LogP contribution in [0.5, 0.6) is 0 Å². The van der Waals surface area contributed by atoms with Crippen molar-refractivity contribution in [2.75, 3.05) is 7.05 Å². The molecule has 0 aliphatic carbocycles. The van der Waals surface area contributed by atoms with Crippen LogP contribution in [-0.2, 0) is 0 Å². The molecule has 0 amide bonds. The number of hydrogen-bond acceptors (Lipinski definition) is 5. The Kier molecular flexibility index (Phi) is 6.28. The van der Waals surface area contributed by atoms with Crippen molar-refractivity contribution in [1.29, 1.82) is 5.26 Å². The number of nitriles is 1. The van der Waals surface area contributed by atoms with Crippen molar-refractivity contribution in [3.8, 4) is 17.2 Å². The molecule has 1 atom stereocenters. The standard InChI is InChI=1S/C22H20ClFN6/c1-12-17(10-25)19(14-6-5-7-15(24)8-14)16(9-18(12)23)13(2)30-22(27-4)20-21(26-3)29-11-28-20/h5-9,11,13,30H,4H2,1-3H3,(H,26,28,29)/b22-20-. The molecule has 1 heterocycles. The third-order valence-corrected chi connectivity index (χ3v) is 5.22. The van der Waals surface area contributed by atoms with Gasteiger partial charge in [0.05, 0.1) is 17.9 Å². The molecule has 0 aromatic heterocycles. The average Bonchev–Trinajstić information content (AvgIpc) is 3.21. The van der Waals surface area contributed by atoms with Gasteiger partial charge in [0.15, 0.2) is 11.7 Å². The molecule has 1 aliphatic rings. The summed E-state index contributed by atoms with van der Waals surface area (Å²) in [5.41, 5.74) is 3.48. The highest BCUT2D eigenvalue weighted by molar-refractivity contribution is 6.31. The molecule has 3 rings (SSSR count). The fraction of sp³-hybridized carbons (Fsp3) is 0.182. The second-order valence-electron chi connectivity index (χ2n) is 6.64. The van der Waals surface area contributed by atoms with Crippen molar-refractivity contribution in [3.05, 3.63) is 69.4 Å². The van der Waals surface area contributed by atoms with Crippen LogP contribution in [0.3, 0.4) is 0 Å². The van der Waals surface area contributed by atoms with E-state index in [0.717, 1.165) is 5.56 Å². The molecule has 2 aromatic carbocycles. The molecule has 0 saturated carbocycles. The number of nitrogens with one attached hydrogen (secondary N) is 2. The van der Waals surface area contributed by atoms with E-state index in [1.54, 1.807) is 32.2 Å². The van der Waals surface area contributed by atoms with Crippen molar-refractivity contribution < 1.29 is 4.39 Å². The van der Waals surface area contributed by atoms with Crippen LogP contribution < -0.4 is 10.6 Å². The highest BCUT2D eigenvalue weighted by Crippen LogP contribution is 2.37. The van der Waals surface area contributed by atoms with E-state index in [0.29, 0.717) is 44.6 Å². The Morgan fingerprint density at radius 3 is 2.80 bits per heavy atom. The molecule has 1 aliphatic heterocycles. The van der Waals surface area contributed by atoms with Gasteiger partial charge in [-0.2, -0.15) is 5.26 Å². The summed E-state index contributed by atoms with van der Waals surface area (Å²) in [7, 11) is 1.64. The number of rotatable bonds is 5. The van der Waals surface area contributed by atoms with Gasteiger partial charge in [-0.05, 0) is 55.5 Å². The van der Waals surface area contributed by atoms with Gasteiger partial charge in [-0.15, -0.1) is 0 Å². The van der Waals surface area contributed by atoms with E-state index >= 15 is 0 Å². The molecule has 30 heavy (non-hydrogen) atoms. The Labute approximate surface area is 179 Å². The minimum absolute atomic E-state index is 0.352. The van der Waals surface area contributed by atoms with Crippen LogP contribution in [0.25, 0.3) is 11.1 Å². The summed E-state index contributed by atoms with van der Waals surface area (Å²) in [6.07, 6.45) is 1.52. The zero-order valence-electron chi connectivity index (χ0n) is 16.8. The van der Waals surface area contributed by atoms with Gasteiger partial charge < -0.3 is 10.6 Å². The number of nitrogens with zero attached hydrogens (tertiary/aromatic N) is 4. The fourth-order valence-electron chi connectivity index (χ4n) is 3.31. The molecule has 8 heteroatoms. The Hall–Kier alpha value is -3.50. The van der Waals surface area contributed by atoms with Crippen LogP contribution in [-0.4, -0.2) is 25.9 Å². The van der Waals surface area contributed by atoms with Crippen molar-refractivity contribution in [3.63, 3.8) is 0 Å². The molecular weight excluding hydrogens is 403 g/mol. The number of benzene rings is 2. The van der Waals surface area contributed by atoms with Gasteiger partial charge in [0.1, 0.15) is 17.6 Å². The predicted molar refractivity (Wildman–Crippen MR) is 119 cm³/mol. The van der Waals surface area contributed by atoms with E-state index in [1.165, 1.54) is 18.5 Å². The lowest BCUT2D eigenvalue weighted by Crippen LogP contribution is -2.23. The molecule has 152 valence electrons. The summed E-state index contributed by atoms with van der Waals surface area (Å²) >= 11 is 6.42. The molecule has 0 radical (unpaired) electrons. The Bertz CT molecular complexity index is 1140. The molecule has 2 N–H and O–H groups in total. The van der Waals surface area contributed by atoms with Crippen LogP contribution in [0.1, 0.15) is 29.7 Å². The van der Waals surface area contributed by atoms with Gasteiger partial charge in [-0.25, -0.2) is 14.4 Å². The Morgan fingerprint density at radius 1 is 1.40 bits per heavy atom. The monoisotopic (exact) mass is 422 g/mol. The normalized spacial score (nSPS) is 16.7. The molecule has 0 spiro atoms. The SMILES string of the molecule is C=N/C(NC(C)c1cc(Cl)c(C)c(C#N)c1-c1cccc(F)c1)=C1/N=CN/C1=N/C. The van der Waals surface area contributed by atoms with Crippen molar-refractivity contribution >= 4 is 30.5 Å². The van der Waals surface area contributed by atoms with Crippen LogP contribution in [0, 0.1) is 24.1 Å². The topological polar surface area (TPSA) is 84.9 Å². The zero-order valence-corrected chi connectivity index (χ0v) is 17.5. The largest absolute Gasteiger partial charge is 0.362 e.